The van der Waals surface area contributed by atoms with Crippen molar-refractivity contribution in [1.82, 2.24) is 4.90 Å². The standard InChI is InChI=1S/C23H27N3O3/c1-3-25(16-20-17-28-21-12-7-8-13-22(21)29-20)18(2)23(27)26(15-9-14-24)19-10-5-4-6-11-19/h4-8,10-13,18,20H,3,9,15-17H2,1-2H3. The van der Waals surface area contributed by atoms with Crippen LogP contribution in [-0.4, -0.2) is 49.2 Å². The van der Waals surface area contributed by atoms with Gasteiger partial charge in [0.1, 0.15) is 12.7 Å². The lowest BCUT2D eigenvalue weighted by molar-refractivity contribution is -0.123. The van der Waals surface area contributed by atoms with Gasteiger partial charge in [-0.2, -0.15) is 5.26 Å². The van der Waals surface area contributed by atoms with Gasteiger partial charge in [0.05, 0.1) is 18.5 Å². The van der Waals surface area contributed by atoms with Crippen LogP contribution in [0, 0.1) is 11.3 Å². The molecule has 2 atom stereocenters. The van der Waals surface area contributed by atoms with E-state index in [4.69, 9.17) is 14.7 Å². The molecular formula is C23H27N3O3. The van der Waals surface area contributed by atoms with Crippen LogP contribution in [0.2, 0.25) is 0 Å². The molecule has 2 aromatic carbocycles. The Bertz CT molecular complexity index is 850. The Labute approximate surface area is 172 Å². The fourth-order valence-corrected chi connectivity index (χ4v) is 3.49. The number of benzene rings is 2. The fourth-order valence-electron chi connectivity index (χ4n) is 3.49. The number of nitrogens with zero attached hydrogens (tertiary/aromatic N) is 3. The first-order valence-electron chi connectivity index (χ1n) is 10.00. The van der Waals surface area contributed by atoms with Crippen molar-refractivity contribution in [1.29, 1.82) is 5.26 Å². The Balaban J connectivity index is 1.69. The molecule has 1 aliphatic heterocycles. The molecule has 0 N–H and O–H groups in total. The molecular weight excluding hydrogens is 366 g/mol. The summed E-state index contributed by atoms with van der Waals surface area (Å²) in [5.41, 5.74) is 0.807. The van der Waals surface area contributed by atoms with Crippen LogP contribution in [0.4, 0.5) is 5.69 Å². The summed E-state index contributed by atoms with van der Waals surface area (Å²) in [4.78, 5) is 17.1. The summed E-state index contributed by atoms with van der Waals surface area (Å²) in [6.45, 7) is 6.05. The van der Waals surface area contributed by atoms with E-state index >= 15 is 0 Å². The molecule has 1 aliphatic rings. The fraction of sp³-hybridized carbons (Fsp3) is 0.391. The van der Waals surface area contributed by atoms with Gasteiger partial charge in [-0.1, -0.05) is 37.3 Å². The summed E-state index contributed by atoms with van der Waals surface area (Å²) in [6.07, 6.45) is 0.139. The number of carbonyl (C=O) groups is 1. The van der Waals surface area contributed by atoms with Crippen molar-refractivity contribution in [3.05, 3.63) is 54.6 Å². The zero-order valence-electron chi connectivity index (χ0n) is 17.0. The number of hydrogen-bond acceptors (Lipinski definition) is 5. The van der Waals surface area contributed by atoms with Gasteiger partial charge >= 0.3 is 0 Å². The normalized spacial score (nSPS) is 16.1. The van der Waals surface area contributed by atoms with Gasteiger partial charge in [0, 0.05) is 18.8 Å². The van der Waals surface area contributed by atoms with Crippen LogP contribution in [0.15, 0.2) is 54.6 Å². The maximum atomic E-state index is 13.3. The lowest BCUT2D eigenvalue weighted by Crippen LogP contribution is -2.51. The Morgan fingerprint density at radius 2 is 1.86 bits per heavy atom. The highest BCUT2D eigenvalue weighted by Gasteiger charge is 2.30. The number of fused-ring (bicyclic) bond motifs is 1. The number of amides is 1. The lowest BCUT2D eigenvalue weighted by atomic mass is 10.1. The van der Waals surface area contributed by atoms with Crippen molar-refractivity contribution in [2.24, 2.45) is 0 Å². The summed E-state index contributed by atoms with van der Waals surface area (Å²) in [5.74, 6) is 1.46. The maximum Gasteiger partial charge on any atom is 0.244 e. The van der Waals surface area contributed by atoms with Gasteiger partial charge in [-0.3, -0.25) is 9.69 Å². The molecule has 0 bridgehead atoms. The second-order valence-corrected chi connectivity index (χ2v) is 6.99. The molecule has 2 unspecified atom stereocenters. The van der Waals surface area contributed by atoms with Crippen LogP contribution in [-0.2, 0) is 4.79 Å². The van der Waals surface area contributed by atoms with Crippen molar-refractivity contribution in [2.45, 2.75) is 32.4 Å². The molecule has 29 heavy (non-hydrogen) atoms. The number of hydrogen-bond donors (Lipinski definition) is 0. The zero-order chi connectivity index (χ0) is 20.6. The predicted octanol–water partition coefficient (Wildman–Crippen LogP) is 3.48. The second-order valence-electron chi connectivity index (χ2n) is 6.99. The van der Waals surface area contributed by atoms with E-state index in [2.05, 4.69) is 11.0 Å². The molecule has 0 aliphatic carbocycles. The molecule has 1 amide bonds. The van der Waals surface area contributed by atoms with E-state index in [1.807, 2.05) is 68.4 Å². The van der Waals surface area contributed by atoms with Gasteiger partial charge in [0.2, 0.25) is 5.91 Å². The van der Waals surface area contributed by atoms with Crippen molar-refractivity contribution in [3.63, 3.8) is 0 Å². The van der Waals surface area contributed by atoms with Crippen LogP contribution in [0.3, 0.4) is 0 Å². The summed E-state index contributed by atoms with van der Waals surface area (Å²) >= 11 is 0. The molecule has 6 heteroatoms. The summed E-state index contributed by atoms with van der Waals surface area (Å²) in [5, 5.41) is 9.01. The molecule has 3 rings (SSSR count). The van der Waals surface area contributed by atoms with Gasteiger partial charge < -0.3 is 14.4 Å². The number of nitriles is 1. The van der Waals surface area contributed by atoms with E-state index in [9.17, 15) is 4.79 Å². The number of carbonyl (C=O) groups excluding carboxylic acids is 1. The summed E-state index contributed by atoms with van der Waals surface area (Å²) in [6, 6.07) is 18.9. The molecule has 1 heterocycles. The van der Waals surface area contributed by atoms with Crippen LogP contribution >= 0.6 is 0 Å². The molecule has 0 saturated carbocycles. The monoisotopic (exact) mass is 393 g/mol. The van der Waals surface area contributed by atoms with Gasteiger partial charge in [-0.05, 0) is 37.7 Å². The van der Waals surface area contributed by atoms with Crippen molar-refractivity contribution in [2.75, 3.05) is 31.1 Å². The molecule has 0 radical (unpaired) electrons. The number of para-hydroxylation sites is 3. The van der Waals surface area contributed by atoms with E-state index in [1.165, 1.54) is 0 Å². The molecule has 0 aromatic heterocycles. The highest BCUT2D eigenvalue weighted by Crippen LogP contribution is 2.31. The molecule has 0 fully saturated rings. The number of anilines is 1. The largest absolute Gasteiger partial charge is 0.486 e. The van der Waals surface area contributed by atoms with Gasteiger partial charge in [-0.25, -0.2) is 0 Å². The third kappa shape index (κ3) is 5.07. The number of ether oxygens (including phenoxy) is 2. The number of likely N-dealkylation sites (N-methyl/N-ethyl adjacent to an activating group) is 1. The topological polar surface area (TPSA) is 65.8 Å². The van der Waals surface area contributed by atoms with Crippen LogP contribution in [0.5, 0.6) is 11.5 Å². The van der Waals surface area contributed by atoms with Gasteiger partial charge in [0.15, 0.2) is 11.5 Å². The first kappa shape index (κ1) is 20.7. The Hall–Kier alpha value is -3.04. The minimum absolute atomic E-state index is 0.0228. The average Bonchev–Trinajstić information content (AvgIpc) is 2.77. The third-order valence-corrected chi connectivity index (χ3v) is 5.10. The van der Waals surface area contributed by atoms with Crippen LogP contribution < -0.4 is 14.4 Å². The van der Waals surface area contributed by atoms with Gasteiger partial charge in [-0.15, -0.1) is 0 Å². The van der Waals surface area contributed by atoms with E-state index in [1.54, 1.807) is 4.90 Å². The molecule has 2 aromatic rings. The highest BCUT2D eigenvalue weighted by atomic mass is 16.6. The van der Waals surface area contributed by atoms with Crippen LogP contribution in [0.1, 0.15) is 20.3 Å². The number of rotatable bonds is 8. The third-order valence-electron chi connectivity index (χ3n) is 5.10. The first-order chi connectivity index (χ1) is 14.1. The summed E-state index contributed by atoms with van der Waals surface area (Å²) in [7, 11) is 0. The van der Waals surface area contributed by atoms with Crippen molar-refractivity contribution < 1.29 is 14.3 Å². The minimum atomic E-state index is -0.348. The van der Waals surface area contributed by atoms with E-state index in [-0.39, 0.29) is 24.5 Å². The predicted molar refractivity (Wildman–Crippen MR) is 112 cm³/mol. The Kier molecular flexibility index (Phi) is 7.09. The lowest BCUT2D eigenvalue weighted by Gasteiger charge is -2.35. The molecule has 152 valence electrons. The van der Waals surface area contributed by atoms with Crippen molar-refractivity contribution in [3.8, 4) is 17.6 Å². The smallest absolute Gasteiger partial charge is 0.244 e. The molecule has 0 saturated heterocycles. The van der Waals surface area contributed by atoms with Crippen LogP contribution in [0.25, 0.3) is 0 Å². The SMILES string of the molecule is CCN(CC1COc2ccccc2O1)C(C)C(=O)N(CCC#N)c1ccccc1. The minimum Gasteiger partial charge on any atom is -0.486 e. The maximum absolute atomic E-state index is 13.3. The van der Waals surface area contributed by atoms with Crippen molar-refractivity contribution >= 4 is 11.6 Å². The molecule has 6 nitrogen and oxygen atoms in total. The van der Waals surface area contributed by atoms with Gasteiger partial charge in [0.25, 0.3) is 0 Å². The quantitative estimate of drug-likeness (QED) is 0.687. The average molecular weight is 393 g/mol. The van der Waals surface area contributed by atoms with E-state index < -0.39 is 0 Å². The summed E-state index contributed by atoms with van der Waals surface area (Å²) < 4.78 is 11.9. The van der Waals surface area contributed by atoms with E-state index in [0.29, 0.717) is 26.2 Å². The van der Waals surface area contributed by atoms with E-state index in [0.717, 1.165) is 17.2 Å². The Morgan fingerprint density at radius 1 is 1.17 bits per heavy atom. The first-order valence-corrected chi connectivity index (χ1v) is 10.00. The molecule has 0 spiro atoms. The zero-order valence-corrected chi connectivity index (χ0v) is 17.0. The second kappa shape index (κ2) is 9.94. The Morgan fingerprint density at radius 3 is 2.55 bits per heavy atom. The highest BCUT2D eigenvalue weighted by molar-refractivity contribution is 5.97.